The molecule has 1 aliphatic rings. The highest BCUT2D eigenvalue weighted by atomic mass is 16.5. The summed E-state index contributed by atoms with van der Waals surface area (Å²) in [6, 6.07) is 5.93. The molecule has 1 N–H and O–H groups in total. The first-order chi connectivity index (χ1) is 13.5. The van der Waals surface area contributed by atoms with Crippen LogP contribution in [0.5, 0.6) is 5.75 Å². The Bertz CT molecular complexity index is 918. The Hall–Kier alpha value is -2.82. The highest BCUT2D eigenvalue weighted by Crippen LogP contribution is 2.37. The fourth-order valence-corrected chi connectivity index (χ4v) is 3.40. The van der Waals surface area contributed by atoms with Gasteiger partial charge in [0.1, 0.15) is 5.75 Å². The van der Waals surface area contributed by atoms with Crippen molar-refractivity contribution < 1.29 is 14.1 Å². The van der Waals surface area contributed by atoms with Crippen molar-refractivity contribution in [2.45, 2.75) is 46.5 Å². The zero-order chi connectivity index (χ0) is 20.1. The summed E-state index contributed by atoms with van der Waals surface area (Å²) in [4.78, 5) is 12.6. The molecule has 2 aromatic rings. The first-order valence-electron chi connectivity index (χ1n) is 9.72. The van der Waals surface area contributed by atoms with Crippen molar-refractivity contribution in [1.29, 1.82) is 0 Å². The summed E-state index contributed by atoms with van der Waals surface area (Å²) >= 11 is 0. The summed E-state index contributed by atoms with van der Waals surface area (Å²) < 4.78 is 10.9. The number of nitrogens with zero attached hydrogens (tertiary/aromatic N) is 1. The molecule has 0 bridgehead atoms. The Balaban J connectivity index is 1.67. The van der Waals surface area contributed by atoms with Crippen LogP contribution in [0.15, 0.2) is 46.0 Å². The quantitative estimate of drug-likeness (QED) is 0.696. The molecule has 148 valence electrons. The van der Waals surface area contributed by atoms with Gasteiger partial charge in [-0.1, -0.05) is 34.5 Å². The van der Waals surface area contributed by atoms with E-state index in [1.807, 2.05) is 18.2 Å². The predicted octanol–water partition coefficient (Wildman–Crippen LogP) is 4.87. The van der Waals surface area contributed by atoms with Crippen LogP contribution in [0.1, 0.15) is 55.2 Å². The van der Waals surface area contributed by atoms with Gasteiger partial charge in [0.15, 0.2) is 11.5 Å². The molecule has 28 heavy (non-hydrogen) atoms. The van der Waals surface area contributed by atoms with Crippen molar-refractivity contribution in [3.8, 4) is 17.1 Å². The summed E-state index contributed by atoms with van der Waals surface area (Å²) in [5.74, 6) is 1.26. The fraction of sp³-hybridized carbons (Fsp3) is 0.391. The summed E-state index contributed by atoms with van der Waals surface area (Å²) in [6.07, 6.45) is 7.92. The highest BCUT2D eigenvalue weighted by Gasteiger charge is 2.27. The van der Waals surface area contributed by atoms with Gasteiger partial charge in [-0.25, -0.2) is 0 Å². The van der Waals surface area contributed by atoms with Crippen LogP contribution < -0.4 is 10.1 Å². The van der Waals surface area contributed by atoms with Gasteiger partial charge < -0.3 is 14.6 Å². The maximum Gasteiger partial charge on any atom is 0.274 e. The number of benzene rings is 1. The van der Waals surface area contributed by atoms with Crippen LogP contribution in [-0.4, -0.2) is 24.7 Å². The number of carbonyl (C=O) groups excluding carboxylic acids is 1. The summed E-state index contributed by atoms with van der Waals surface area (Å²) in [5.41, 5.74) is 6.01. The lowest BCUT2D eigenvalue weighted by molar-refractivity contribution is 0.0948. The topological polar surface area (TPSA) is 64.4 Å². The number of hydrogen-bond donors (Lipinski definition) is 1. The minimum Gasteiger partial charge on any atom is -0.497 e. The highest BCUT2D eigenvalue weighted by molar-refractivity contribution is 5.95. The molecular formula is C23H28N2O3. The number of nitrogens with one attached hydrogen (secondary N) is 1. The standard InChI is InChI=1S/C23H28N2O3/c1-15(2)6-5-7-16(3)12-13-24-23(26)21-19-11-9-17-8-10-18(27-4)14-20(17)22(19)28-25-21/h6,8,10,12,14H,5,7,9,11,13H2,1-4H3,(H,24,26)/b16-12+. The van der Waals surface area contributed by atoms with Crippen LogP contribution in [0, 0.1) is 0 Å². The van der Waals surface area contributed by atoms with Crippen molar-refractivity contribution in [1.82, 2.24) is 10.5 Å². The number of methoxy groups -OCH3 is 1. The molecule has 1 heterocycles. The number of aromatic nitrogens is 1. The molecule has 5 nitrogen and oxygen atoms in total. The van der Waals surface area contributed by atoms with Crippen molar-refractivity contribution in [2.75, 3.05) is 13.7 Å². The lowest BCUT2D eigenvalue weighted by Gasteiger charge is -2.15. The summed E-state index contributed by atoms with van der Waals surface area (Å²) in [7, 11) is 1.64. The van der Waals surface area contributed by atoms with E-state index in [1.165, 1.54) is 16.7 Å². The second-order valence-corrected chi connectivity index (χ2v) is 7.44. The van der Waals surface area contributed by atoms with Crippen LogP contribution >= 0.6 is 0 Å². The first-order valence-corrected chi connectivity index (χ1v) is 9.72. The number of rotatable bonds is 7. The number of ether oxygens (including phenoxy) is 1. The van der Waals surface area contributed by atoms with Gasteiger partial charge in [0.05, 0.1) is 7.11 Å². The third-order valence-electron chi connectivity index (χ3n) is 5.01. The van der Waals surface area contributed by atoms with Crippen molar-refractivity contribution >= 4 is 5.91 Å². The van der Waals surface area contributed by atoms with Crippen molar-refractivity contribution in [3.05, 3.63) is 58.3 Å². The monoisotopic (exact) mass is 380 g/mol. The number of allylic oxidation sites excluding steroid dienone is 3. The molecule has 0 spiro atoms. The van der Waals surface area contributed by atoms with Gasteiger partial charge in [0, 0.05) is 17.7 Å². The minimum atomic E-state index is -0.190. The van der Waals surface area contributed by atoms with E-state index < -0.39 is 0 Å². The number of fused-ring (bicyclic) bond motifs is 3. The third kappa shape index (κ3) is 4.53. The molecule has 0 unspecified atom stereocenters. The van der Waals surface area contributed by atoms with E-state index in [-0.39, 0.29) is 5.91 Å². The van der Waals surface area contributed by atoms with Crippen LogP contribution in [0.25, 0.3) is 11.3 Å². The molecule has 0 fully saturated rings. The van der Waals surface area contributed by atoms with E-state index in [2.05, 4.69) is 43.4 Å². The molecule has 0 atom stereocenters. The molecule has 5 heteroatoms. The minimum absolute atomic E-state index is 0.190. The van der Waals surface area contributed by atoms with E-state index in [0.29, 0.717) is 18.0 Å². The maximum atomic E-state index is 12.6. The molecule has 3 rings (SSSR count). The van der Waals surface area contributed by atoms with Crippen molar-refractivity contribution in [3.63, 3.8) is 0 Å². The average molecular weight is 380 g/mol. The second-order valence-electron chi connectivity index (χ2n) is 7.44. The summed E-state index contributed by atoms with van der Waals surface area (Å²) in [6.45, 7) is 6.79. The summed E-state index contributed by atoms with van der Waals surface area (Å²) in [5, 5.41) is 7.00. The van der Waals surface area contributed by atoms with Gasteiger partial charge in [-0.05, 0) is 64.2 Å². The average Bonchev–Trinajstić information content (AvgIpc) is 3.11. The van der Waals surface area contributed by atoms with Crippen LogP contribution in [0.3, 0.4) is 0 Å². The molecule has 0 saturated carbocycles. The molecule has 1 aliphatic carbocycles. The molecule has 0 saturated heterocycles. The Morgan fingerprint density at radius 1 is 1.25 bits per heavy atom. The largest absolute Gasteiger partial charge is 0.497 e. The lowest BCUT2D eigenvalue weighted by Crippen LogP contribution is -2.25. The zero-order valence-corrected chi connectivity index (χ0v) is 17.1. The van der Waals surface area contributed by atoms with E-state index in [1.54, 1.807) is 7.11 Å². The van der Waals surface area contributed by atoms with Gasteiger partial charge in [-0.15, -0.1) is 0 Å². The molecule has 0 aliphatic heterocycles. The van der Waals surface area contributed by atoms with Crippen LogP contribution in [0.4, 0.5) is 0 Å². The van der Waals surface area contributed by atoms with E-state index in [0.717, 1.165) is 42.6 Å². The molecule has 1 aromatic heterocycles. The fourth-order valence-electron chi connectivity index (χ4n) is 3.40. The van der Waals surface area contributed by atoms with Crippen molar-refractivity contribution in [2.24, 2.45) is 0 Å². The molecule has 1 amide bonds. The van der Waals surface area contributed by atoms with Crippen LogP contribution in [0.2, 0.25) is 0 Å². The number of amides is 1. The maximum absolute atomic E-state index is 12.6. The first kappa shape index (κ1) is 19.9. The number of aryl methyl sites for hydroxylation is 1. The third-order valence-corrected chi connectivity index (χ3v) is 5.01. The smallest absolute Gasteiger partial charge is 0.274 e. The lowest BCUT2D eigenvalue weighted by atomic mass is 9.89. The van der Waals surface area contributed by atoms with Crippen LogP contribution in [-0.2, 0) is 12.8 Å². The number of carbonyl (C=O) groups is 1. The van der Waals surface area contributed by atoms with E-state index in [9.17, 15) is 4.79 Å². The van der Waals surface area contributed by atoms with Gasteiger partial charge in [0.2, 0.25) is 0 Å². The van der Waals surface area contributed by atoms with Gasteiger partial charge in [-0.3, -0.25) is 4.79 Å². The Kier molecular flexibility index (Phi) is 6.34. The van der Waals surface area contributed by atoms with Gasteiger partial charge >= 0.3 is 0 Å². The Morgan fingerprint density at radius 2 is 2.07 bits per heavy atom. The second kappa shape index (κ2) is 8.91. The zero-order valence-electron chi connectivity index (χ0n) is 17.1. The Morgan fingerprint density at radius 3 is 2.82 bits per heavy atom. The Labute approximate surface area is 166 Å². The molecule has 0 radical (unpaired) electrons. The van der Waals surface area contributed by atoms with Gasteiger partial charge in [0.25, 0.3) is 5.91 Å². The SMILES string of the molecule is COc1ccc2c(c1)-c1onc(C(=O)NC/C=C(\C)CCC=C(C)C)c1CC2. The van der Waals surface area contributed by atoms with Gasteiger partial charge in [-0.2, -0.15) is 0 Å². The van der Waals surface area contributed by atoms with E-state index >= 15 is 0 Å². The predicted molar refractivity (Wildman–Crippen MR) is 111 cm³/mol. The normalized spacial score (nSPS) is 12.8. The molecular weight excluding hydrogens is 352 g/mol. The van der Waals surface area contributed by atoms with E-state index in [4.69, 9.17) is 9.26 Å². The molecule has 1 aromatic carbocycles. The number of hydrogen-bond acceptors (Lipinski definition) is 4.